The van der Waals surface area contributed by atoms with E-state index in [1.54, 1.807) is 0 Å². The van der Waals surface area contributed by atoms with Gasteiger partial charge >= 0.3 is 0 Å². The number of hydrogen-bond acceptors (Lipinski definition) is 2. The van der Waals surface area contributed by atoms with E-state index in [0.717, 1.165) is 32.0 Å². The zero-order chi connectivity index (χ0) is 14.2. The zero-order valence-electron chi connectivity index (χ0n) is 13.3. The molecule has 0 unspecified atom stereocenters. The zero-order valence-corrected chi connectivity index (χ0v) is 13.3. The van der Waals surface area contributed by atoms with E-state index in [9.17, 15) is 0 Å². The molecule has 0 amide bonds. The lowest BCUT2D eigenvalue weighted by molar-refractivity contribution is 0.121. The van der Waals surface area contributed by atoms with Gasteiger partial charge in [-0.15, -0.1) is 0 Å². The summed E-state index contributed by atoms with van der Waals surface area (Å²) in [4.78, 5) is 0. The number of rotatable bonds is 15. The highest BCUT2D eigenvalue weighted by Gasteiger charge is 1.95. The van der Waals surface area contributed by atoms with E-state index in [1.165, 1.54) is 57.8 Å². The number of ether oxygens (including phenoxy) is 1. The molecular formula is C17H36O2. The van der Waals surface area contributed by atoms with E-state index in [1.807, 2.05) is 0 Å². The molecule has 0 aliphatic rings. The Balaban J connectivity index is 2.91. The van der Waals surface area contributed by atoms with Crippen molar-refractivity contribution >= 4 is 0 Å². The van der Waals surface area contributed by atoms with Crippen molar-refractivity contribution in [1.29, 1.82) is 0 Å². The summed E-state index contributed by atoms with van der Waals surface area (Å²) in [6, 6.07) is 0. The van der Waals surface area contributed by atoms with Crippen LogP contribution in [0.4, 0.5) is 0 Å². The third-order valence-electron chi connectivity index (χ3n) is 3.52. The van der Waals surface area contributed by atoms with Crippen molar-refractivity contribution in [2.45, 2.75) is 84.5 Å². The Morgan fingerprint density at radius 2 is 1.16 bits per heavy atom. The quantitative estimate of drug-likeness (QED) is 0.428. The van der Waals surface area contributed by atoms with Gasteiger partial charge in [-0.25, -0.2) is 0 Å². The van der Waals surface area contributed by atoms with Gasteiger partial charge < -0.3 is 9.84 Å². The molecule has 0 bridgehead atoms. The third kappa shape index (κ3) is 17.9. The van der Waals surface area contributed by atoms with Gasteiger partial charge in [-0.1, -0.05) is 65.2 Å². The fraction of sp³-hybridized carbons (Fsp3) is 1.00. The minimum atomic E-state index is 0.292. The lowest BCUT2D eigenvalue weighted by Gasteiger charge is -2.05. The first-order chi connectivity index (χ1) is 9.27. The number of aliphatic hydroxyl groups excluding tert-OH is 1. The first-order valence-corrected chi connectivity index (χ1v) is 8.46. The molecule has 1 N–H and O–H groups in total. The van der Waals surface area contributed by atoms with Gasteiger partial charge in [-0.05, 0) is 25.2 Å². The van der Waals surface area contributed by atoms with Gasteiger partial charge in [0.05, 0.1) is 0 Å². The maximum absolute atomic E-state index is 8.61. The van der Waals surface area contributed by atoms with Crippen LogP contribution in [0.5, 0.6) is 0 Å². The van der Waals surface area contributed by atoms with E-state index in [2.05, 4.69) is 13.8 Å². The van der Waals surface area contributed by atoms with Crippen LogP contribution in [-0.2, 0) is 4.74 Å². The number of aliphatic hydroxyl groups is 1. The molecule has 0 atom stereocenters. The van der Waals surface area contributed by atoms with E-state index in [4.69, 9.17) is 9.84 Å². The molecule has 19 heavy (non-hydrogen) atoms. The van der Waals surface area contributed by atoms with Crippen LogP contribution >= 0.6 is 0 Å². The molecule has 0 aromatic rings. The first kappa shape index (κ1) is 18.9. The van der Waals surface area contributed by atoms with Crippen LogP contribution in [0.1, 0.15) is 84.5 Å². The van der Waals surface area contributed by atoms with Crippen molar-refractivity contribution in [3.8, 4) is 0 Å². The monoisotopic (exact) mass is 272 g/mol. The molecule has 0 saturated carbocycles. The van der Waals surface area contributed by atoms with E-state index in [0.29, 0.717) is 6.61 Å². The Morgan fingerprint density at radius 3 is 1.68 bits per heavy atom. The topological polar surface area (TPSA) is 29.5 Å². The molecule has 0 saturated heterocycles. The van der Waals surface area contributed by atoms with Crippen molar-refractivity contribution in [3.05, 3.63) is 0 Å². The van der Waals surface area contributed by atoms with Crippen LogP contribution in [0.15, 0.2) is 0 Å². The van der Waals surface area contributed by atoms with Crippen molar-refractivity contribution in [2.24, 2.45) is 5.92 Å². The molecule has 0 rings (SSSR count). The van der Waals surface area contributed by atoms with Gasteiger partial charge in [0, 0.05) is 19.8 Å². The summed E-state index contributed by atoms with van der Waals surface area (Å²) >= 11 is 0. The first-order valence-electron chi connectivity index (χ1n) is 8.46. The summed E-state index contributed by atoms with van der Waals surface area (Å²) in [6.07, 6.45) is 14.2. The standard InChI is InChI=1S/C17H36O2/c1-17(2)13-9-7-5-3-4-6-8-11-15-19-16-12-10-14-18/h17-18H,3-16H2,1-2H3. The normalized spacial score (nSPS) is 11.4. The second-order valence-electron chi connectivity index (χ2n) is 6.05. The Bertz CT molecular complexity index is 157. The number of unbranched alkanes of at least 4 members (excludes halogenated alkanes) is 8. The lowest BCUT2D eigenvalue weighted by Crippen LogP contribution is -1.98. The largest absolute Gasteiger partial charge is 0.396 e. The Morgan fingerprint density at radius 1 is 0.684 bits per heavy atom. The maximum atomic E-state index is 8.61. The summed E-state index contributed by atoms with van der Waals surface area (Å²) in [7, 11) is 0. The van der Waals surface area contributed by atoms with Gasteiger partial charge in [-0.2, -0.15) is 0 Å². The SMILES string of the molecule is CC(C)CCCCCCCCCCOCCCCO. The maximum Gasteiger partial charge on any atom is 0.0466 e. The average Bonchev–Trinajstić information content (AvgIpc) is 2.39. The van der Waals surface area contributed by atoms with Crippen molar-refractivity contribution in [3.63, 3.8) is 0 Å². The summed E-state index contributed by atoms with van der Waals surface area (Å²) in [5.41, 5.74) is 0. The predicted octanol–water partition coefficient (Wildman–Crippen LogP) is 4.94. The molecule has 0 fully saturated rings. The highest BCUT2D eigenvalue weighted by molar-refractivity contribution is 4.49. The summed E-state index contributed by atoms with van der Waals surface area (Å²) in [5.74, 6) is 0.873. The van der Waals surface area contributed by atoms with Crippen molar-refractivity contribution < 1.29 is 9.84 Å². The fourth-order valence-electron chi connectivity index (χ4n) is 2.24. The molecule has 0 spiro atoms. The van der Waals surface area contributed by atoms with Gasteiger partial charge in [0.2, 0.25) is 0 Å². The average molecular weight is 272 g/mol. The smallest absolute Gasteiger partial charge is 0.0466 e. The summed E-state index contributed by atoms with van der Waals surface area (Å²) in [6.45, 7) is 6.63. The van der Waals surface area contributed by atoms with Gasteiger partial charge in [0.15, 0.2) is 0 Å². The molecule has 2 heteroatoms. The van der Waals surface area contributed by atoms with E-state index in [-0.39, 0.29) is 0 Å². The lowest BCUT2D eigenvalue weighted by atomic mass is 10.0. The van der Waals surface area contributed by atoms with Crippen LogP contribution in [0.3, 0.4) is 0 Å². The van der Waals surface area contributed by atoms with Crippen LogP contribution < -0.4 is 0 Å². The Hall–Kier alpha value is -0.0800. The third-order valence-corrected chi connectivity index (χ3v) is 3.52. The molecule has 116 valence electrons. The number of hydrogen-bond donors (Lipinski definition) is 1. The van der Waals surface area contributed by atoms with Crippen LogP contribution in [0.2, 0.25) is 0 Å². The van der Waals surface area contributed by atoms with Crippen LogP contribution in [-0.4, -0.2) is 24.9 Å². The van der Waals surface area contributed by atoms with Crippen molar-refractivity contribution in [2.75, 3.05) is 19.8 Å². The second-order valence-corrected chi connectivity index (χ2v) is 6.05. The van der Waals surface area contributed by atoms with Crippen LogP contribution in [0, 0.1) is 5.92 Å². The highest BCUT2D eigenvalue weighted by Crippen LogP contribution is 2.12. The van der Waals surface area contributed by atoms with Gasteiger partial charge in [0.1, 0.15) is 0 Å². The highest BCUT2D eigenvalue weighted by atomic mass is 16.5. The molecule has 0 aliphatic carbocycles. The molecule has 0 radical (unpaired) electrons. The van der Waals surface area contributed by atoms with Crippen LogP contribution in [0.25, 0.3) is 0 Å². The van der Waals surface area contributed by atoms with Gasteiger partial charge in [-0.3, -0.25) is 0 Å². The minimum Gasteiger partial charge on any atom is -0.396 e. The molecule has 0 aromatic heterocycles. The minimum absolute atomic E-state index is 0.292. The second kappa shape index (κ2) is 16.0. The Labute approximate surface area is 120 Å². The summed E-state index contributed by atoms with van der Waals surface area (Å²) in [5, 5.41) is 8.61. The Kier molecular flexibility index (Phi) is 15.9. The predicted molar refractivity (Wildman–Crippen MR) is 83.5 cm³/mol. The van der Waals surface area contributed by atoms with Crippen molar-refractivity contribution in [1.82, 2.24) is 0 Å². The molecular weight excluding hydrogens is 236 g/mol. The molecule has 0 aliphatic heterocycles. The summed E-state index contributed by atoms with van der Waals surface area (Å²) < 4.78 is 5.51. The molecule has 0 heterocycles. The van der Waals surface area contributed by atoms with Gasteiger partial charge in [0.25, 0.3) is 0 Å². The fourth-order valence-corrected chi connectivity index (χ4v) is 2.24. The molecule has 2 nitrogen and oxygen atoms in total. The molecule has 0 aromatic carbocycles. The van der Waals surface area contributed by atoms with E-state index >= 15 is 0 Å². The van der Waals surface area contributed by atoms with E-state index < -0.39 is 0 Å².